The second kappa shape index (κ2) is 6.29. The van der Waals surface area contributed by atoms with Crippen LogP contribution in [0.3, 0.4) is 0 Å². The maximum absolute atomic E-state index is 12.6. The van der Waals surface area contributed by atoms with Gasteiger partial charge in [-0.1, -0.05) is 6.92 Å². The highest BCUT2D eigenvalue weighted by Crippen LogP contribution is 2.22. The zero-order chi connectivity index (χ0) is 15.7. The van der Waals surface area contributed by atoms with Crippen molar-refractivity contribution in [3.63, 3.8) is 0 Å². The van der Waals surface area contributed by atoms with Crippen LogP contribution in [0.2, 0.25) is 0 Å². The SMILES string of the molecule is CCc1ccsc1C(=O)N1CCN(C2CCS(=O)(=O)C2)CC1. The van der Waals surface area contributed by atoms with Crippen molar-refractivity contribution >= 4 is 27.1 Å². The average molecular weight is 342 g/mol. The van der Waals surface area contributed by atoms with Gasteiger partial charge in [0.1, 0.15) is 0 Å². The Morgan fingerprint density at radius 1 is 1.32 bits per heavy atom. The summed E-state index contributed by atoms with van der Waals surface area (Å²) in [6.45, 7) is 5.00. The number of aryl methyl sites for hydroxylation is 1. The number of carbonyl (C=O) groups excluding carboxylic acids is 1. The molecule has 2 saturated heterocycles. The first-order valence-electron chi connectivity index (χ1n) is 7.80. The number of carbonyl (C=O) groups is 1. The molecule has 2 fully saturated rings. The second-order valence-electron chi connectivity index (χ2n) is 6.01. The summed E-state index contributed by atoms with van der Waals surface area (Å²) < 4.78 is 23.2. The van der Waals surface area contributed by atoms with Crippen LogP contribution in [0, 0.1) is 0 Å². The van der Waals surface area contributed by atoms with E-state index in [2.05, 4.69) is 11.8 Å². The van der Waals surface area contributed by atoms with Crippen LogP contribution in [0.25, 0.3) is 0 Å². The van der Waals surface area contributed by atoms with Crippen molar-refractivity contribution < 1.29 is 13.2 Å². The molecule has 0 aromatic carbocycles. The normalized spacial score (nSPS) is 25.5. The van der Waals surface area contributed by atoms with Crippen molar-refractivity contribution in [3.8, 4) is 0 Å². The van der Waals surface area contributed by atoms with Crippen molar-refractivity contribution in [3.05, 3.63) is 21.9 Å². The van der Waals surface area contributed by atoms with Gasteiger partial charge in [-0.3, -0.25) is 9.69 Å². The third-order valence-electron chi connectivity index (χ3n) is 4.65. The van der Waals surface area contributed by atoms with E-state index in [9.17, 15) is 13.2 Å². The third-order valence-corrected chi connectivity index (χ3v) is 7.34. The number of rotatable bonds is 3. The van der Waals surface area contributed by atoms with Gasteiger partial charge >= 0.3 is 0 Å². The summed E-state index contributed by atoms with van der Waals surface area (Å²) in [5, 5.41) is 1.98. The fraction of sp³-hybridized carbons (Fsp3) is 0.667. The van der Waals surface area contributed by atoms with Crippen molar-refractivity contribution in [2.24, 2.45) is 0 Å². The Hall–Kier alpha value is -0.920. The Labute approximate surface area is 135 Å². The summed E-state index contributed by atoms with van der Waals surface area (Å²) in [6.07, 6.45) is 1.62. The predicted octanol–water partition coefficient (Wildman–Crippen LogP) is 1.26. The molecule has 1 atom stereocenters. The number of sulfone groups is 1. The lowest BCUT2D eigenvalue weighted by Crippen LogP contribution is -2.52. The van der Waals surface area contributed by atoms with E-state index >= 15 is 0 Å². The minimum Gasteiger partial charge on any atom is -0.335 e. The maximum Gasteiger partial charge on any atom is 0.264 e. The van der Waals surface area contributed by atoms with Gasteiger partial charge in [-0.05, 0) is 29.9 Å². The molecule has 2 aliphatic rings. The largest absolute Gasteiger partial charge is 0.335 e. The summed E-state index contributed by atoms with van der Waals surface area (Å²) in [5.74, 6) is 0.725. The lowest BCUT2D eigenvalue weighted by atomic mass is 10.1. The molecule has 0 spiro atoms. The number of thiophene rings is 1. The molecular formula is C15H22N2O3S2. The Morgan fingerprint density at radius 2 is 2.05 bits per heavy atom. The third kappa shape index (κ3) is 3.21. The van der Waals surface area contributed by atoms with Gasteiger partial charge in [0.2, 0.25) is 0 Å². The van der Waals surface area contributed by atoms with Gasteiger partial charge in [0, 0.05) is 32.2 Å². The molecular weight excluding hydrogens is 320 g/mol. The molecule has 1 aromatic rings. The van der Waals surface area contributed by atoms with Crippen molar-refractivity contribution in [1.29, 1.82) is 0 Å². The van der Waals surface area contributed by atoms with Gasteiger partial charge in [0.25, 0.3) is 5.91 Å². The van der Waals surface area contributed by atoms with Crippen LogP contribution in [-0.2, 0) is 16.3 Å². The smallest absolute Gasteiger partial charge is 0.264 e. The van der Waals surface area contributed by atoms with Crippen LogP contribution < -0.4 is 0 Å². The van der Waals surface area contributed by atoms with Gasteiger partial charge in [0.15, 0.2) is 9.84 Å². The summed E-state index contributed by atoms with van der Waals surface area (Å²) in [5.41, 5.74) is 1.12. The topological polar surface area (TPSA) is 57.7 Å². The fourth-order valence-corrected chi connectivity index (χ4v) is 6.02. The molecule has 3 rings (SSSR count). The first kappa shape index (κ1) is 16.0. The van der Waals surface area contributed by atoms with E-state index in [-0.39, 0.29) is 17.7 Å². The van der Waals surface area contributed by atoms with Crippen LogP contribution in [0.1, 0.15) is 28.6 Å². The van der Waals surface area contributed by atoms with Crippen molar-refractivity contribution in [1.82, 2.24) is 9.80 Å². The lowest BCUT2D eigenvalue weighted by molar-refractivity contribution is 0.0591. The highest BCUT2D eigenvalue weighted by molar-refractivity contribution is 7.91. The molecule has 22 heavy (non-hydrogen) atoms. The van der Waals surface area contributed by atoms with E-state index in [1.165, 1.54) is 11.3 Å². The Bertz CT molecular complexity index is 645. The van der Waals surface area contributed by atoms with E-state index in [0.717, 1.165) is 36.4 Å². The van der Waals surface area contributed by atoms with E-state index < -0.39 is 9.84 Å². The number of amides is 1. The number of hydrogen-bond donors (Lipinski definition) is 0. The predicted molar refractivity (Wildman–Crippen MR) is 88.2 cm³/mol. The summed E-state index contributed by atoms with van der Waals surface area (Å²) in [4.78, 5) is 17.6. The number of nitrogens with zero attached hydrogens (tertiary/aromatic N) is 2. The maximum atomic E-state index is 12.6. The quantitative estimate of drug-likeness (QED) is 0.830. The minimum absolute atomic E-state index is 0.130. The van der Waals surface area contributed by atoms with Crippen molar-refractivity contribution in [2.75, 3.05) is 37.7 Å². The van der Waals surface area contributed by atoms with Gasteiger partial charge in [-0.2, -0.15) is 0 Å². The molecule has 0 bridgehead atoms. The average Bonchev–Trinajstić information content (AvgIpc) is 3.12. The zero-order valence-electron chi connectivity index (χ0n) is 12.8. The van der Waals surface area contributed by atoms with Crippen LogP contribution in [0.5, 0.6) is 0 Å². The molecule has 3 heterocycles. The van der Waals surface area contributed by atoms with Crippen LogP contribution in [0.15, 0.2) is 11.4 Å². The molecule has 122 valence electrons. The van der Waals surface area contributed by atoms with E-state index in [0.29, 0.717) is 18.8 Å². The summed E-state index contributed by atoms with van der Waals surface area (Å²) in [6, 6.07) is 2.17. The summed E-state index contributed by atoms with van der Waals surface area (Å²) in [7, 11) is -2.84. The van der Waals surface area contributed by atoms with Gasteiger partial charge in [-0.25, -0.2) is 8.42 Å². The van der Waals surface area contributed by atoms with Crippen LogP contribution in [0.4, 0.5) is 0 Å². The van der Waals surface area contributed by atoms with Crippen molar-refractivity contribution in [2.45, 2.75) is 25.8 Å². The van der Waals surface area contributed by atoms with E-state index in [1.54, 1.807) is 0 Å². The molecule has 1 aromatic heterocycles. The highest BCUT2D eigenvalue weighted by atomic mass is 32.2. The Kier molecular flexibility index (Phi) is 4.56. The fourth-order valence-electron chi connectivity index (χ4n) is 3.30. The number of piperazine rings is 1. The standard InChI is InChI=1S/C15H22N2O3S2/c1-2-12-3-9-21-14(12)15(18)17-7-5-16(6-8-17)13-4-10-22(19,20)11-13/h3,9,13H,2,4-8,10-11H2,1H3. The summed E-state index contributed by atoms with van der Waals surface area (Å²) >= 11 is 1.52. The molecule has 0 aliphatic carbocycles. The Balaban J connectivity index is 1.59. The van der Waals surface area contributed by atoms with Crippen LogP contribution >= 0.6 is 11.3 Å². The van der Waals surface area contributed by atoms with E-state index in [1.807, 2.05) is 16.3 Å². The molecule has 1 amide bonds. The first-order valence-corrected chi connectivity index (χ1v) is 10.5. The molecule has 2 aliphatic heterocycles. The second-order valence-corrected chi connectivity index (χ2v) is 9.16. The minimum atomic E-state index is -2.84. The Morgan fingerprint density at radius 3 is 2.64 bits per heavy atom. The molecule has 1 unspecified atom stereocenters. The highest BCUT2D eigenvalue weighted by Gasteiger charge is 2.34. The van der Waals surface area contributed by atoms with Gasteiger partial charge in [0.05, 0.1) is 16.4 Å². The van der Waals surface area contributed by atoms with E-state index in [4.69, 9.17) is 0 Å². The van der Waals surface area contributed by atoms with Crippen LogP contribution in [-0.4, -0.2) is 67.9 Å². The molecule has 0 N–H and O–H groups in total. The molecule has 0 saturated carbocycles. The van der Waals surface area contributed by atoms with Gasteiger partial charge in [-0.15, -0.1) is 11.3 Å². The van der Waals surface area contributed by atoms with Gasteiger partial charge < -0.3 is 4.90 Å². The molecule has 7 heteroatoms. The monoisotopic (exact) mass is 342 g/mol. The molecule has 0 radical (unpaired) electrons. The lowest BCUT2D eigenvalue weighted by Gasteiger charge is -2.37. The molecule has 5 nitrogen and oxygen atoms in total. The first-order chi connectivity index (χ1) is 10.5. The number of hydrogen-bond acceptors (Lipinski definition) is 5. The zero-order valence-corrected chi connectivity index (χ0v) is 14.5.